The number of carbonyl (C=O) groups is 1. The van der Waals surface area contributed by atoms with Crippen molar-refractivity contribution >= 4 is 17.5 Å². The Bertz CT molecular complexity index is 1000. The molecule has 1 N–H and O–H groups in total. The summed E-state index contributed by atoms with van der Waals surface area (Å²) < 4.78 is 46.9. The first kappa shape index (κ1) is 19.8. The Labute approximate surface area is 163 Å². The molecule has 3 aromatic rings. The molecule has 0 radical (unpaired) electrons. The number of carbonyl (C=O) groups excluding carboxylic acids is 1. The molecule has 0 aliphatic heterocycles. The molecule has 0 atom stereocenters. The Hall–Kier alpha value is -3.00. The minimum Gasteiger partial charge on any atom is -0.496 e. The molecule has 0 aliphatic carbocycles. The van der Waals surface area contributed by atoms with Crippen LogP contribution in [0.1, 0.15) is 21.6 Å². The minimum atomic E-state index is -4.80. The molecule has 0 saturated heterocycles. The number of methoxy groups -OCH3 is 1. The quantitative estimate of drug-likeness (QED) is 0.675. The first-order valence-electron chi connectivity index (χ1n) is 8.12. The van der Waals surface area contributed by atoms with E-state index < -0.39 is 23.3 Å². The van der Waals surface area contributed by atoms with Gasteiger partial charge < -0.3 is 10.1 Å². The molecule has 0 saturated carbocycles. The number of rotatable bonds is 5. The van der Waals surface area contributed by atoms with Gasteiger partial charge >= 0.3 is 6.18 Å². The normalized spacial score (nSPS) is 11.3. The molecule has 1 heterocycles. The van der Waals surface area contributed by atoms with Gasteiger partial charge in [-0.15, -0.1) is 0 Å². The van der Waals surface area contributed by atoms with Crippen molar-refractivity contribution in [3.63, 3.8) is 0 Å². The zero-order valence-electron chi connectivity index (χ0n) is 14.6. The fourth-order valence-electron chi connectivity index (χ4n) is 2.71. The summed E-state index contributed by atoms with van der Waals surface area (Å²) in [5.74, 6) is -0.375. The van der Waals surface area contributed by atoms with Gasteiger partial charge in [0.05, 0.1) is 24.6 Å². The molecule has 0 bridgehead atoms. The molecule has 9 heteroatoms. The molecule has 5 nitrogen and oxygen atoms in total. The van der Waals surface area contributed by atoms with Crippen LogP contribution in [0.25, 0.3) is 5.69 Å². The van der Waals surface area contributed by atoms with E-state index in [1.165, 1.54) is 31.4 Å². The Kier molecular flexibility index (Phi) is 5.60. The molecule has 146 valence electrons. The second kappa shape index (κ2) is 7.93. The van der Waals surface area contributed by atoms with E-state index in [0.717, 1.165) is 6.20 Å². The summed E-state index contributed by atoms with van der Waals surface area (Å²) >= 11 is 5.86. The summed E-state index contributed by atoms with van der Waals surface area (Å²) in [7, 11) is 1.47. The van der Waals surface area contributed by atoms with Gasteiger partial charge in [0.15, 0.2) is 5.69 Å². The van der Waals surface area contributed by atoms with Crippen LogP contribution in [0.2, 0.25) is 5.02 Å². The topological polar surface area (TPSA) is 56.1 Å². The molecule has 0 aliphatic rings. The molecule has 0 spiro atoms. The predicted octanol–water partition coefficient (Wildman–Crippen LogP) is 4.48. The van der Waals surface area contributed by atoms with Gasteiger partial charge in [-0.05, 0) is 24.3 Å². The summed E-state index contributed by atoms with van der Waals surface area (Å²) in [6.07, 6.45) is -3.91. The van der Waals surface area contributed by atoms with Gasteiger partial charge in [-0.1, -0.05) is 35.9 Å². The largest absolute Gasteiger partial charge is 0.496 e. The predicted molar refractivity (Wildman–Crippen MR) is 97.7 cm³/mol. The molecular formula is C19H15ClF3N3O2. The number of hydrogen-bond donors (Lipinski definition) is 1. The molecule has 1 amide bonds. The monoisotopic (exact) mass is 409 g/mol. The fraction of sp³-hybridized carbons (Fsp3) is 0.158. The zero-order valence-corrected chi connectivity index (χ0v) is 15.4. The average Bonchev–Trinajstić information content (AvgIpc) is 3.12. The van der Waals surface area contributed by atoms with E-state index in [2.05, 4.69) is 10.4 Å². The maximum Gasteiger partial charge on any atom is 0.434 e. The minimum absolute atomic E-state index is 0.00247. The van der Waals surface area contributed by atoms with E-state index in [1.54, 1.807) is 24.3 Å². The van der Waals surface area contributed by atoms with Gasteiger partial charge in [0.25, 0.3) is 5.91 Å². The third kappa shape index (κ3) is 4.12. The summed E-state index contributed by atoms with van der Waals surface area (Å²) in [5.41, 5.74) is -1.02. The number of aromatic nitrogens is 2. The summed E-state index contributed by atoms with van der Waals surface area (Å²) in [6.45, 7) is 0.00247. The van der Waals surface area contributed by atoms with Crippen LogP contribution in [0, 0.1) is 0 Å². The van der Waals surface area contributed by atoms with Gasteiger partial charge in [-0.3, -0.25) is 4.79 Å². The van der Waals surface area contributed by atoms with Crippen molar-refractivity contribution < 1.29 is 22.7 Å². The van der Waals surface area contributed by atoms with Crippen molar-refractivity contribution in [1.82, 2.24) is 15.1 Å². The van der Waals surface area contributed by atoms with Crippen molar-refractivity contribution in [2.75, 3.05) is 7.11 Å². The standard InChI is InChI=1S/C19H15ClF3N3O2/c1-28-16-8-3-2-5-12(16)10-24-18(27)15-11-25-26(17(15)19(21,22)23)14-7-4-6-13(20)9-14/h2-9,11H,10H2,1H3,(H,24,27). The first-order chi connectivity index (χ1) is 13.3. The van der Waals surface area contributed by atoms with Crippen LogP contribution in [0.4, 0.5) is 13.2 Å². The number of nitrogens with zero attached hydrogens (tertiary/aromatic N) is 2. The SMILES string of the molecule is COc1ccccc1CNC(=O)c1cnn(-c2cccc(Cl)c2)c1C(F)(F)F. The molecule has 0 fully saturated rings. The van der Waals surface area contributed by atoms with Crippen molar-refractivity contribution in [3.05, 3.63) is 76.6 Å². The lowest BCUT2D eigenvalue weighted by molar-refractivity contribution is -0.143. The summed E-state index contributed by atoms with van der Waals surface area (Å²) in [5, 5.41) is 6.49. The van der Waals surface area contributed by atoms with Crippen LogP contribution in [-0.2, 0) is 12.7 Å². The van der Waals surface area contributed by atoms with E-state index >= 15 is 0 Å². The van der Waals surface area contributed by atoms with Crippen LogP contribution < -0.4 is 10.1 Å². The smallest absolute Gasteiger partial charge is 0.434 e. The van der Waals surface area contributed by atoms with E-state index in [1.807, 2.05) is 0 Å². The van der Waals surface area contributed by atoms with Gasteiger partial charge in [0, 0.05) is 17.1 Å². The first-order valence-corrected chi connectivity index (χ1v) is 8.50. The second-order valence-electron chi connectivity index (χ2n) is 5.79. The molecular weight excluding hydrogens is 395 g/mol. The van der Waals surface area contributed by atoms with Crippen molar-refractivity contribution in [1.29, 1.82) is 0 Å². The number of alkyl halides is 3. The lowest BCUT2D eigenvalue weighted by atomic mass is 10.1. The van der Waals surface area contributed by atoms with Gasteiger partial charge in [-0.2, -0.15) is 18.3 Å². The Morgan fingerprint density at radius 3 is 2.64 bits per heavy atom. The van der Waals surface area contributed by atoms with E-state index in [-0.39, 0.29) is 17.3 Å². The Balaban J connectivity index is 1.92. The number of hydrogen-bond acceptors (Lipinski definition) is 3. The summed E-state index contributed by atoms with van der Waals surface area (Å²) in [4.78, 5) is 12.5. The lowest BCUT2D eigenvalue weighted by Crippen LogP contribution is -2.26. The second-order valence-corrected chi connectivity index (χ2v) is 6.23. The third-order valence-corrected chi connectivity index (χ3v) is 4.20. The molecule has 1 aromatic heterocycles. The maximum absolute atomic E-state index is 13.7. The van der Waals surface area contributed by atoms with Gasteiger partial charge in [-0.25, -0.2) is 4.68 Å². The summed E-state index contributed by atoms with van der Waals surface area (Å²) in [6, 6.07) is 12.7. The molecule has 28 heavy (non-hydrogen) atoms. The van der Waals surface area contributed by atoms with Crippen LogP contribution in [-0.4, -0.2) is 22.8 Å². The number of para-hydroxylation sites is 1. The highest BCUT2D eigenvalue weighted by Gasteiger charge is 2.40. The number of nitrogens with one attached hydrogen (secondary N) is 1. The zero-order chi connectivity index (χ0) is 20.3. The number of benzene rings is 2. The van der Waals surface area contributed by atoms with Crippen LogP contribution >= 0.6 is 11.6 Å². The average molecular weight is 410 g/mol. The molecule has 3 rings (SSSR count). The van der Waals surface area contributed by atoms with Crippen LogP contribution in [0.3, 0.4) is 0 Å². The van der Waals surface area contributed by atoms with Gasteiger partial charge in [0.1, 0.15) is 5.75 Å². The maximum atomic E-state index is 13.7. The number of amides is 1. The van der Waals surface area contributed by atoms with Crippen molar-refractivity contribution in [2.24, 2.45) is 0 Å². The fourth-order valence-corrected chi connectivity index (χ4v) is 2.90. The van der Waals surface area contributed by atoms with Crippen LogP contribution in [0.15, 0.2) is 54.7 Å². The van der Waals surface area contributed by atoms with Crippen LogP contribution in [0.5, 0.6) is 5.75 Å². The van der Waals surface area contributed by atoms with E-state index in [9.17, 15) is 18.0 Å². The lowest BCUT2D eigenvalue weighted by Gasteiger charge is -2.13. The van der Waals surface area contributed by atoms with Gasteiger partial charge in [0.2, 0.25) is 0 Å². The third-order valence-electron chi connectivity index (χ3n) is 3.97. The van der Waals surface area contributed by atoms with E-state index in [4.69, 9.17) is 16.3 Å². The Morgan fingerprint density at radius 2 is 1.96 bits per heavy atom. The van der Waals surface area contributed by atoms with Crippen molar-refractivity contribution in [2.45, 2.75) is 12.7 Å². The van der Waals surface area contributed by atoms with E-state index in [0.29, 0.717) is 16.0 Å². The highest BCUT2D eigenvalue weighted by molar-refractivity contribution is 6.30. The Morgan fingerprint density at radius 1 is 1.21 bits per heavy atom. The molecule has 2 aromatic carbocycles. The number of halogens is 4. The van der Waals surface area contributed by atoms with Crippen molar-refractivity contribution in [3.8, 4) is 11.4 Å². The highest BCUT2D eigenvalue weighted by atomic mass is 35.5. The number of ether oxygens (including phenoxy) is 1. The highest BCUT2D eigenvalue weighted by Crippen LogP contribution is 2.34. The molecule has 0 unspecified atom stereocenters.